The molecule has 0 aliphatic rings. The van der Waals surface area contributed by atoms with Crippen molar-refractivity contribution in [3.8, 4) is 0 Å². The van der Waals surface area contributed by atoms with Crippen molar-refractivity contribution in [3.63, 3.8) is 0 Å². The zero-order chi connectivity index (χ0) is 13.7. The number of halogens is 1. The molecule has 2 rings (SSSR count). The number of nitrogens with zero attached hydrogens (tertiary/aromatic N) is 3. The van der Waals surface area contributed by atoms with Crippen LogP contribution in [0.4, 0.5) is 4.39 Å². The number of rotatable bonds is 6. The Morgan fingerprint density at radius 3 is 2.95 bits per heavy atom. The van der Waals surface area contributed by atoms with Crippen LogP contribution in [0.25, 0.3) is 0 Å². The number of benzene rings is 1. The molecule has 0 unspecified atom stereocenters. The smallest absolute Gasteiger partial charge is 0.123 e. The lowest BCUT2D eigenvalue weighted by Gasteiger charge is -2.15. The lowest BCUT2D eigenvalue weighted by molar-refractivity contribution is 0.315. The standard InChI is InChI=1S/C14H19FN4/c1-18(8-12-3-2-4-13(15)7-12)9-14-10-19(6-5-16)11-17-14/h2-4,7,10-11H,5-6,8-9,16H2,1H3. The summed E-state index contributed by atoms with van der Waals surface area (Å²) in [4.78, 5) is 6.43. The van der Waals surface area contributed by atoms with Gasteiger partial charge in [-0.05, 0) is 24.7 Å². The lowest BCUT2D eigenvalue weighted by atomic mass is 10.2. The first-order valence-electron chi connectivity index (χ1n) is 6.31. The Morgan fingerprint density at radius 1 is 1.37 bits per heavy atom. The van der Waals surface area contributed by atoms with E-state index >= 15 is 0 Å². The van der Waals surface area contributed by atoms with Crippen LogP contribution in [0.2, 0.25) is 0 Å². The van der Waals surface area contributed by atoms with Gasteiger partial charge in [0.15, 0.2) is 0 Å². The molecule has 0 fully saturated rings. The molecule has 0 amide bonds. The van der Waals surface area contributed by atoms with Gasteiger partial charge in [0.1, 0.15) is 5.82 Å². The second-order valence-corrected chi connectivity index (χ2v) is 4.69. The molecule has 0 aliphatic carbocycles. The van der Waals surface area contributed by atoms with Crippen LogP contribution in [0.3, 0.4) is 0 Å². The Morgan fingerprint density at radius 2 is 2.21 bits per heavy atom. The molecule has 5 heteroatoms. The Hall–Kier alpha value is -1.72. The highest BCUT2D eigenvalue weighted by Gasteiger charge is 2.05. The molecule has 1 aromatic carbocycles. The molecular weight excluding hydrogens is 243 g/mol. The fourth-order valence-electron chi connectivity index (χ4n) is 2.04. The van der Waals surface area contributed by atoms with Crippen molar-refractivity contribution in [2.24, 2.45) is 5.73 Å². The Kier molecular flexibility index (Phi) is 4.65. The fraction of sp³-hybridized carbons (Fsp3) is 0.357. The SMILES string of the molecule is CN(Cc1cccc(F)c1)Cc1cn(CCN)cn1. The van der Waals surface area contributed by atoms with Gasteiger partial charge in [0, 0.05) is 32.4 Å². The molecule has 4 nitrogen and oxygen atoms in total. The molecule has 0 bridgehead atoms. The number of imidazole rings is 1. The van der Waals surface area contributed by atoms with Crippen molar-refractivity contribution in [1.29, 1.82) is 0 Å². The Labute approximate surface area is 112 Å². The molecular formula is C14H19FN4. The predicted octanol–water partition coefficient (Wildman–Crippen LogP) is 1.61. The number of aromatic nitrogens is 2. The van der Waals surface area contributed by atoms with E-state index in [9.17, 15) is 4.39 Å². The second kappa shape index (κ2) is 6.45. The van der Waals surface area contributed by atoms with Gasteiger partial charge in [-0.15, -0.1) is 0 Å². The molecule has 102 valence electrons. The first-order chi connectivity index (χ1) is 9.17. The number of hydrogen-bond donors (Lipinski definition) is 1. The topological polar surface area (TPSA) is 47.1 Å². The maximum absolute atomic E-state index is 13.1. The van der Waals surface area contributed by atoms with Gasteiger partial charge in [-0.2, -0.15) is 0 Å². The first kappa shape index (κ1) is 13.7. The Balaban J connectivity index is 1.91. The van der Waals surface area contributed by atoms with Crippen LogP contribution in [-0.4, -0.2) is 28.0 Å². The average molecular weight is 262 g/mol. The van der Waals surface area contributed by atoms with E-state index in [1.54, 1.807) is 18.5 Å². The molecule has 0 aliphatic heterocycles. The van der Waals surface area contributed by atoms with Gasteiger partial charge in [0.05, 0.1) is 12.0 Å². The van der Waals surface area contributed by atoms with Gasteiger partial charge >= 0.3 is 0 Å². The van der Waals surface area contributed by atoms with Crippen molar-refractivity contribution >= 4 is 0 Å². The zero-order valence-electron chi connectivity index (χ0n) is 11.1. The third kappa shape index (κ3) is 4.15. The summed E-state index contributed by atoms with van der Waals surface area (Å²) in [7, 11) is 1.99. The zero-order valence-corrected chi connectivity index (χ0v) is 11.1. The molecule has 0 saturated heterocycles. The van der Waals surface area contributed by atoms with E-state index in [4.69, 9.17) is 5.73 Å². The minimum atomic E-state index is -0.196. The van der Waals surface area contributed by atoms with Crippen molar-refractivity contribution < 1.29 is 4.39 Å². The molecule has 1 aromatic heterocycles. The molecule has 0 saturated carbocycles. The second-order valence-electron chi connectivity index (χ2n) is 4.69. The largest absolute Gasteiger partial charge is 0.336 e. The van der Waals surface area contributed by atoms with Crippen molar-refractivity contribution in [2.75, 3.05) is 13.6 Å². The van der Waals surface area contributed by atoms with E-state index in [0.29, 0.717) is 13.1 Å². The third-order valence-corrected chi connectivity index (χ3v) is 2.85. The van der Waals surface area contributed by atoms with Crippen molar-refractivity contribution in [1.82, 2.24) is 14.5 Å². The van der Waals surface area contributed by atoms with Gasteiger partial charge < -0.3 is 10.3 Å². The highest BCUT2D eigenvalue weighted by atomic mass is 19.1. The maximum Gasteiger partial charge on any atom is 0.123 e. The molecule has 0 atom stereocenters. The minimum absolute atomic E-state index is 0.196. The van der Waals surface area contributed by atoms with E-state index in [1.165, 1.54) is 6.07 Å². The van der Waals surface area contributed by atoms with Gasteiger partial charge in [-0.1, -0.05) is 12.1 Å². The molecule has 0 spiro atoms. The van der Waals surface area contributed by atoms with E-state index < -0.39 is 0 Å². The summed E-state index contributed by atoms with van der Waals surface area (Å²) in [6, 6.07) is 6.67. The van der Waals surface area contributed by atoms with E-state index in [0.717, 1.165) is 24.3 Å². The van der Waals surface area contributed by atoms with E-state index in [1.807, 2.05) is 23.9 Å². The van der Waals surface area contributed by atoms with Crippen LogP contribution in [0, 0.1) is 5.82 Å². The van der Waals surface area contributed by atoms with Gasteiger partial charge in [-0.3, -0.25) is 4.90 Å². The molecule has 2 N–H and O–H groups in total. The van der Waals surface area contributed by atoms with Crippen LogP contribution in [0.5, 0.6) is 0 Å². The van der Waals surface area contributed by atoms with Gasteiger partial charge in [0.25, 0.3) is 0 Å². The molecule has 19 heavy (non-hydrogen) atoms. The van der Waals surface area contributed by atoms with Crippen LogP contribution < -0.4 is 5.73 Å². The summed E-state index contributed by atoms with van der Waals surface area (Å²) >= 11 is 0. The number of nitrogens with two attached hydrogens (primary N) is 1. The number of hydrogen-bond acceptors (Lipinski definition) is 3. The summed E-state index contributed by atoms with van der Waals surface area (Å²) in [5, 5.41) is 0. The highest BCUT2D eigenvalue weighted by Crippen LogP contribution is 2.08. The van der Waals surface area contributed by atoms with E-state index in [2.05, 4.69) is 9.88 Å². The van der Waals surface area contributed by atoms with Crippen LogP contribution in [0.1, 0.15) is 11.3 Å². The van der Waals surface area contributed by atoms with Crippen LogP contribution in [0.15, 0.2) is 36.8 Å². The summed E-state index contributed by atoms with van der Waals surface area (Å²) in [5.74, 6) is -0.196. The van der Waals surface area contributed by atoms with Crippen LogP contribution >= 0.6 is 0 Å². The summed E-state index contributed by atoms with van der Waals surface area (Å²) < 4.78 is 15.1. The minimum Gasteiger partial charge on any atom is -0.336 e. The fourth-order valence-corrected chi connectivity index (χ4v) is 2.04. The molecule has 1 heterocycles. The summed E-state index contributed by atoms with van der Waals surface area (Å²) in [5.41, 5.74) is 7.45. The van der Waals surface area contributed by atoms with Crippen molar-refractivity contribution in [3.05, 3.63) is 53.9 Å². The summed E-state index contributed by atoms with van der Waals surface area (Å²) in [6.45, 7) is 2.81. The monoisotopic (exact) mass is 262 g/mol. The highest BCUT2D eigenvalue weighted by molar-refractivity contribution is 5.16. The van der Waals surface area contributed by atoms with Crippen molar-refractivity contribution in [2.45, 2.75) is 19.6 Å². The normalized spacial score (nSPS) is 11.2. The van der Waals surface area contributed by atoms with Crippen LogP contribution in [-0.2, 0) is 19.6 Å². The molecule has 0 radical (unpaired) electrons. The lowest BCUT2D eigenvalue weighted by Crippen LogP contribution is -2.17. The quantitative estimate of drug-likeness (QED) is 0.860. The van der Waals surface area contributed by atoms with Gasteiger partial charge in [0.2, 0.25) is 0 Å². The predicted molar refractivity (Wildman–Crippen MR) is 72.9 cm³/mol. The first-order valence-corrected chi connectivity index (χ1v) is 6.31. The van der Waals surface area contributed by atoms with E-state index in [-0.39, 0.29) is 5.82 Å². The maximum atomic E-state index is 13.1. The van der Waals surface area contributed by atoms with Gasteiger partial charge in [-0.25, -0.2) is 9.37 Å². The average Bonchev–Trinajstić information content (AvgIpc) is 2.77. The third-order valence-electron chi connectivity index (χ3n) is 2.85. The molecule has 2 aromatic rings. The Bertz CT molecular complexity index is 524. The summed E-state index contributed by atoms with van der Waals surface area (Å²) in [6.07, 6.45) is 3.78.